The molecule has 9 nitrogen and oxygen atoms in total. The number of amides is 1. The van der Waals surface area contributed by atoms with Crippen LogP contribution in [0.25, 0.3) is 21.5 Å². The van der Waals surface area contributed by atoms with Crippen molar-refractivity contribution in [1.82, 2.24) is 4.98 Å². The summed E-state index contributed by atoms with van der Waals surface area (Å²) >= 11 is 2.48. The Hall–Kier alpha value is -3.88. The van der Waals surface area contributed by atoms with Crippen LogP contribution in [-0.4, -0.2) is 23.5 Å². The number of esters is 1. The Morgan fingerprint density at radius 1 is 1.25 bits per heavy atom. The number of fused-ring (bicyclic) bond motifs is 2. The van der Waals surface area contributed by atoms with Crippen LogP contribution in [0.1, 0.15) is 62.2 Å². The lowest BCUT2D eigenvalue weighted by molar-refractivity contribution is 0.0527. The zero-order valence-corrected chi connectivity index (χ0v) is 21.1. The number of nitrogens with zero attached hydrogens (tertiary/aromatic N) is 2. The maximum absolute atomic E-state index is 13.5. The van der Waals surface area contributed by atoms with Crippen LogP contribution in [0.3, 0.4) is 0 Å². The van der Waals surface area contributed by atoms with Gasteiger partial charge in [-0.3, -0.25) is 4.79 Å². The molecule has 0 fully saturated rings. The molecule has 0 atom stereocenters. The van der Waals surface area contributed by atoms with Crippen LogP contribution in [0.5, 0.6) is 0 Å². The van der Waals surface area contributed by atoms with E-state index in [4.69, 9.17) is 20.6 Å². The summed E-state index contributed by atoms with van der Waals surface area (Å²) in [6, 6.07) is 5.44. The molecule has 0 saturated carbocycles. The topological polar surface area (TPSA) is 157 Å². The fraction of sp³-hybridized carbons (Fsp3) is 0.280. The first-order valence-electron chi connectivity index (χ1n) is 11.5. The number of aromatic nitrogens is 1. The molecular formula is C25H23N5O4S2. The molecule has 4 aromatic rings. The van der Waals surface area contributed by atoms with E-state index in [2.05, 4.69) is 16.4 Å². The van der Waals surface area contributed by atoms with Crippen molar-refractivity contribution >= 4 is 61.3 Å². The Kier molecular flexibility index (Phi) is 6.38. The van der Waals surface area contributed by atoms with Gasteiger partial charge < -0.3 is 25.9 Å². The smallest absolute Gasteiger partial charge is 0.341 e. The van der Waals surface area contributed by atoms with Gasteiger partial charge in [-0.2, -0.15) is 5.26 Å². The molecule has 1 aliphatic rings. The van der Waals surface area contributed by atoms with Gasteiger partial charge in [-0.1, -0.05) is 6.42 Å². The number of nitrogens with two attached hydrogens (primary N) is 2. The van der Waals surface area contributed by atoms with Crippen molar-refractivity contribution in [3.8, 4) is 17.4 Å². The van der Waals surface area contributed by atoms with Crippen LogP contribution < -0.4 is 16.8 Å². The van der Waals surface area contributed by atoms with Gasteiger partial charge in [0, 0.05) is 10.3 Å². The van der Waals surface area contributed by atoms with Gasteiger partial charge in [-0.05, 0) is 50.3 Å². The van der Waals surface area contributed by atoms with E-state index in [0.717, 1.165) is 53.9 Å². The van der Waals surface area contributed by atoms with E-state index >= 15 is 0 Å². The average Bonchev–Trinajstić information content (AvgIpc) is 3.53. The zero-order valence-electron chi connectivity index (χ0n) is 19.5. The molecule has 11 heteroatoms. The molecule has 0 aromatic carbocycles. The second-order valence-electron chi connectivity index (χ2n) is 8.30. The molecule has 36 heavy (non-hydrogen) atoms. The van der Waals surface area contributed by atoms with E-state index in [1.807, 2.05) is 0 Å². The number of nitrogen functional groups attached to an aromatic ring is 2. The first-order valence-corrected chi connectivity index (χ1v) is 13.2. The first kappa shape index (κ1) is 23.8. The largest absolute Gasteiger partial charge is 0.464 e. The lowest BCUT2D eigenvalue weighted by atomic mass is 10.0. The summed E-state index contributed by atoms with van der Waals surface area (Å²) < 4.78 is 10.8. The third kappa shape index (κ3) is 3.98. The van der Waals surface area contributed by atoms with Gasteiger partial charge in [-0.25, -0.2) is 9.78 Å². The standard InChI is InChI=1S/C25H23N5O4S2/c1-2-33-25(32)17-12-7-4-3-5-9-15(12)35-23(17)30-22(31)20-19(27)18-16(14-8-6-10-34-14)13(11-26)21(28)29-24(18)36-20/h6,8,10H,2-5,7,9,27H2,1H3,(H2,28,29)(H,30,31). The molecular weight excluding hydrogens is 498 g/mol. The maximum atomic E-state index is 13.5. The summed E-state index contributed by atoms with van der Waals surface area (Å²) in [6.07, 6.45) is 6.23. The van der Waals surface area contributed by atoms with E-state index < -0.39 is 11.9 Å². The fourth-order valence-electron chi connectivity index (χ4n) is 4.53. The Morgan fingerprint density at radius 2 is 2.06 bits per heavy atom. The number of hydrogen-bond donors (Lipinski definition) is 3. The highest BCUT2D eigenvalue weighted by molar-refractivity contribution is 7.21. The lowest BCUT2D eigenvalue weighted by Crippen LogP contribution is -2.15. The van der Waals surface area contributed by atoms with Gasteiger partial charge in [0.2, 0.25) is 0 Å². The number of furan rings is 1. The molecule has 0 bridgehead atoms. The molecule has 4 heterocycles. The van der Waals surface area contributed by atoms with Crippen molar-refractivity contribution in [2.24, 2.45) is 0 Å². The van der Waals surface area contributed by atoms with E-state index in [1.54, 1.807) is 19.1 Å². The Labute approximate surface area is 214 Å². The molecule has 1 aliphatic carbocycles. The van der Waals surface area contributed by atoms with E-state index in [9.17, 15) is 14.9 Å². The quantitative estimate of drug-likeness (QED) is 0.234. The number of pyridine rings is 1. The third-order valence-corrected chi connectivity index (χ3v) is 8.42. The number of hydrogen-bond acceptors (Lipinski definition) is 10. The van der Waals surface area contributed by atoms with Crippen molar-refractivity contribution in [2.45, 2.75) is 39.0 Å². The number of anilines is 3. The molecule has 0 aliphatic heterocycles. The van der Waals surface area contributed by atoms with Crippen LogP contribution in [-0.2, 0) is 17.6 Å². The van der Waals surface area contributed by atoms with Crippen molar-refractivity contribution in [1.29, 1.82) is 5.26 Å². The highest BCUT2D eigenvalue weighted by Crippen LogP contribution is 2.44. The summed E-state index contributed by atoms with van der Waals surface area (Å²) in [5, 5.41) is 13.5. The highest BCUT2D eigenvalue weighted by Gasteiger charge is 2.29. The van der Waals surface area contributed by atoms with Gasteiger partial charge in [0.15, 0.2) is 0 Å². The normalized spacial score (nSPS) is 13.1. The second-order valence-corrected chi connectivity index (χ2v) is 10.4. The number of ether oxygens (including phenoxy) is 1. The second kappa shape index (κ2) is 9.64. The molecule has 5 rings (SSSR count). The number of nitrogens with one attached hydrogen (secondary N) is 1. The lowest BCUT2D eigenvalue weighted by Gasteiger charge is -2.08. The minimum Gasteiger partial charge on any atom is -0.464 e. The number of rotatable bonds is 5. The monoisotopic (exact) mass is 521 g/mol. The predicted octanol–water partition coefficient (Wildman–Crippen LogP) is 5.35. The van der Waals surface area contributed by atoms with Gasteiger partial charge in [-0.15, -0.1) is 22.7 Å². The number of thiophene rings is 2. The summed E-state index contributed by atoms with van der Waals surface area (Å²) in [5.74, 6) is -0.491. The molecule has 0 unspecified atom stereocenters. The summed E-state index contributed by atoms with van der Waals surface area (Å²) in [5.41, 5.74) is 14.6. The molecule has 4 aromatic heterocycles. The molecule has 0 radical (unpaired) electrons. The minimum absolute atomic E-state index is 0.0243. The Morgan fingerprint density at radius 3 is 2.78 bits per heavy atom. The molecule has 5 N–H and O–H groups in total. The summed E-state index contributed by atoms with van der Waals surface area (Å²) in [6.45, 7) is 1.99. The van der Waals surface area contributed by atoms with Crippen LogP contribution >= 0.6 is 22.7 Å². The van der Waals surface area contributed by atoms with Gasteiger partial charge >= 0.3 is 5.97 Å². The van der Waals surface area contributed by atoms with Gasteiger partial charge in [0.25, 0.3) is 5.91 Å². The van der Waals surface area contributed by atoms with Gasteiger partial charge in [0.05, 0.1) is 29.7 Å². The average molecular weight is 522 g/mol. The van der Waals surface area contributed by atoms with Crippen molar-refractivity contribution in [3.05, 3.63) is 44.8 Å². The summed E-state index contributed by atoms with van der Waals surface area (Å²) in [7, 11) is 0. The van der Waals surface area contributed by atoms with Gasteiger partial charge in [0.1, 0.15) is 37.9 Å². The van der Waals surface area contributed by atoms with Crippen molar-refractivity contribution in [2.75, 3.05) is 23.4 Å². The number of carbonyl (C=O) groups is 2. The number of nitriles is 1. The zero-order chi connectivity index (χ0) is 25.4. The number of carbonyl (C=O) groups excluding carboxylic acids is 2. The third-order valence-electron chi connectivity index (χ3n) is 6.12. The van der Waals surface area contributed by atoms with Crippen LogP contribution in [0.15, 0.2) is 22.8 Å². The maximum Gasteiger partial charge on any atom is 0.341 e. The van der Waals surface area contributed by atoms with E-state index in [1.165, 1.54) is 17.6 Å². The number of aryl methyl sites for hydroxylation is 1. The van der Waals surface area contributed by atoms with E-state index in [0.29, 0.717) is 32.1 Å². The minimum atomic E-state index is -0.472. The summed E-state index contributed by atoms with van der Waals surface area (Å²) in [4.78, 5) is 32.4. The van der Waals surface area contributed by atoms with Crippen molar-refractivity contribution in [3.63, 3.8) is 0 Å². The highest BCUT2D eigenvalue weighted by atomic mass is 32.1. The molecule has 0 spiro atoms. The fourth-order valence-corrected chi connectivity index (χ4v) is 6.81. The Bertz CT molecular complexity index is 1530. The van der Waals surface area contributed by atoms with Crippen LogP contribution in [0, 0.1) is 11.3 Å². The Balaban J connectivity index is 1.60. The van der Waals surface area contributed by atoms with Crippen molar-refractivity contribution < 1.29 is 18.7 Å². The molecule has 184 valence electrons. The first-order chi connectivity index (χ1) is 17.4. The van der Waals surface area contributed by atoms with Crippen LogP contribution in [0.4, 0.5) is 16.5 Å². The van der Waals surface area contributed by atoms with E-state index in [-0.39, 0.29) is 28.6 Å². The SMILES string of the molecule is CCOC(=O)c1c(NC(=O)c2sc3nc(N)c(C#N)c(-c4ccco4)c3c2N)sc2c1CCCCC2. The van der Waals surface area contributed by atoms with Crippen LogP contribution in [0.2, 0.25) is 0 Å². The molecule has 1 amide bonds. The predicted molar refractivity (Wildman–Crippen MR) is 140 cm³/mol. The molecule has 0 saturated heterocycles.